The van der Waals surface area contributed by atoms with Crippen LogP contribution >= 0.6 is 0 Å². The second kappa shape index (κ2) is 13.1. The van der Waals surface area contributed by atoms with E-state index in [0.29, 0.717) is 6.42 Å². The van der Waals surface area contributed by atoms with Crippen LogP contribution in [0.3, 0.4) is 0 Å². The summed E-state index contributed by atoms with van der Waals surface area (Å²) in [5, 5.41) is 5.60. The van der Waals surface area contributed by atoms with Crippen LogP contribution in [-0.2, 0) is 30.1 Å². The van der Waals surface area contributed by atoms with E-state index in [9.17, 15) is 19.2 Å². The van der Waals surface area contributed by atoms with E-state index in [1.165, 1.54) is 18.6 Å². The summed E-state index contributed by atoms with van der Waals surface area (Å²) < 4.78 is 11.1. The van der Waals surface area contributed by atoms with Crippen molar-refractivity contribution in [2.24, 2.45) is 5.92 Å². The van der Waals surface area contributed by atoms with E-state index < -0.39 is 54.9 Å². The molecule has 3 rings (SSSR count). The predicted octanol–water partition coefficient (Wildman–Crippen LogP) is 1.18. The molecule has 1 aromatic carbocycles. The summed E-state index contributed by atoms with van der Waals surface area (Å²) in [6.07, 6.45) is 4.68. The van der Waals surface area contributed by atoms with Crippen molar-refractivity contribution in [1.29, 1.82) is 0 Å². The van der Waals surface area contributed by atoms with Gasteiger partial charge in [0.05, 0.1) is 12.1 Å². The lowest BCUT2D eigenvalue weighted by molar-refractivity contribution is -0.153. The van der Waals surface area contributed by atoms with E-state index in [0.717, 1.165) is 5.56 Å². The fraction of sp³-hybridized carbons (Fsp3) is 0.462. The quantitative estimate of drug-likeness (QED) is 0.464. The molecule has 0 aliphatic carbocycles. The highest BCUT2D eigenvalue weighted by atomic mass is 16.6. The van der Waals surface area contributed by atoms with E-state index in [2.05, 4.69) is 20.6 Å². The molecule has 0 bridgehead atoms. The Morgan fingerprint density at radius 2 is 1.66 bits per heavy atom. The summed E-state index contributed by atoms with van der Waals surface area (Å²) in [6.45, 7) is 7.15. The van der Waals surface area contributed by atoms with Crippen LogP contribution in [0.4, 0.5) is 0 Å². The topological polar surface area (TPSA) is 140 Å². The second-order valence-corrected chi connectivity index (χ2v) is 9.81. The monoisotopic (exact) mass is 523 g/mol. The normalized spacial score (nSPS) is 20.0. The first-order chi connectivity index (χ1) is 18.1. The number of rotatable bonds is 9. The molecule has 38 heavy (non-hydrogen) atoms. The van der Waals surface area contributed by atoms with Crippen LogP contribution in [0.1, 0.15) is 50.2 Å². The molecule has 1 aliphatic rings. The molecule has 2 aromatic rings. The molecule has 2 amide bonds. The molecular weight excluding hydrogens is 489 g/mol. The molecule has 1 aliphatic heterocycles. The lowest BCUT2D eigenvalue weighted by Crippen LogP contribution is -2.60. The SMILES string of the molecule is CC(C)C[C@H](NC(=O)C(Cc1ccccc1)NC(=O)c1cnccn1)B1OC(=O)[C@@H](C)N(C)[C@H](C)C(=O)O1. The molecule has 0 radical (unpaired) electrons. The van der Waals surface area contributed by atoms with Crippen molar-refractivity contribution in [2.45, 2.75) is 64.6 Å². The minimum atomic E-state index is -1.33. The van der Waals surface area contributed by atoms with Gasteiger partial charge in [0.25, 0.3) is 5.91 Å². The molecule has 2 heterocycles. The largest absolute Gasteiger partial charge is 0.622 e. The summed E-state index contributed by atoms with van der Waals surface area (Å²) in [4.78, 5) is 61.4. The zero-order valence-electron chi connectivity index (χ0n) is 22.3. The van der Waals surface area contributed by atoms with Gasteiger partial charge in [-0.3, -0.25) is 29.1 Å². The molecule has 1 aromatic heterocycles. The van der Waals surface area contributed by atoms with Gasteiger partial charge >= 0.3 is 19.1 Å². The smallest absolute Gasteiger partial charge is 0.497 e. The van der Waals surface area contributed by atoms with E-state index in [-0.39, 0.29) is 18.0 Å². The molecule has 1 saturated heterocycles. The van der Waals surface area contributed by atoms with Crippen molar-refractivity contribution in [3.05, 3.63) is 60.2 Å². The van der Waals surface area contributed by atoms with E-state index >= 15 is 0 Å². The fourth-order valence-corrected chi connectivity index (χ4v) is 4.02. The Morgan fingerprint density at radius 3 is 2.21 bits per heavy atom. The van der Waals surface area contributed by atoms with Gasteiger partial charge in [-0.15, -0.1) is 0 Å². The van der Waals surface area contributed by atoms with Crippen LogP contribution in [0.15, 0.2) is 48.9 Å². The van der Waals surface area contributed by atoms with Crippen molar-refractivity contribution in [3.8, 4) is 0 Å². The summed E-state index contributed by atoms with van der Waals surface area (Å²) >= 11 is 0. The van der Waals surface area contributed by atoms with Crippen molar-refractivity contribution in [3.63, 3.8) is 0 Å². The van der Waals surface area contributed by atoms with Crippen LogP contribution in [0.25, 0.3) is 0 Å². The first-order valence-corrected chi connectivity index (χ1v) is 12.6. The number of hydrogen-bond donors (Lipinski definition) is 2. The van der Waals surface area contributed by atoms with Crippen molar-refractivity contribution < 1.29 is 28.5 Å². The maximum absolute atomic E-state index is 13.6. The first kappa shape index (κ1) is 28.8. The van der Waals surface area contributed by atoms with Gasteiger partial charge < -0.3 is 19.9 Å². The number of benzene rings is 1. The lowest BCUT2D eigenvalue weighted by Gasteiger charge is -2.34. The Labute approximate surface area is 222 Å². The Balaban J connectivity index is 1.85. The zero-order chi connectivity index (χ0) is 27.8. The van der Waals surface area contributed by atoms with Gasteiger partial charge in [-0.05, 0) is 38.8 Å². The number of carbonyl (C=O) groups is 4. The van der Waals surface area contributed by atoms with Gasteiger partial charge in [-0.2, -0.15) is 0 Å². The number of carbonyl (C=O) groups excluding carboxylic acids is 4. The predicted molar refractivity (Wildman–Crippen MR) is 139 cm³/mol. The number of hydrogen-bond acceptors (Lipinski definition) is 9. The highest BCUT2D eigenvalue weighted by Gasteiger charge is 2.45. The Morgan fingerprint density at radius 1 is 1.03 bits per heavy atom. The molecule has 11 nitrogen and oxygen atoms in total. The van der Waals surface area contributed by atoms with Crippen LogP contribution in [-0.4, -0.2) is 76.9 Å². The van der Waals surface area contributed by atoms with Crippen LogP contribution in [0, 0.1) is 5.92 Å². The number of nitrogens with one attached hydrogen (secondary N) is 2. The summed E-state index contributed by atoms with van der Waals surface area (Å²) in [5.74, 6) is -3.02. The molecule has 12 heteroatoms. The average molecular weight is 523 g/mol. The maximum atomic E-state index is 13.6. The first-order valence-electron chi connectivity index (χ1n) is 12.6. The van der Waals surface area contributed by atoms with Crippen molar-refractivity contribution in [2.75, 3.05) is 7.05 Å². The van der Waals surface area contributed by atoms with E-state index in [1.807, 2.05) is 44.2 Å². The van der Waals surface area contributed by atoms with Crippen LogP contribution in [0.5, 0.6) is 0 Å². The van der Waals surface area contributed by atoms with E-state index in [4.69, 9.17) is 9.31 Å². The third-order valence-corrected chi connectivity index (χ3v) is 6.45. The fourth-order valence-electron chi connectivity index (χ4n) is 4.02. The molecular formula is C26H34BN5O6. The highest BCUT2D eigenvalue weighted by molar-refractivity contribution is 6.51. The number of likely N-dealkylation sites (N-methyl/N-ethyl adjacent to an activating group) is 1. The molecule has 1 fully saturated rings. The number of nitrogens with zero attached hydrogens (tertiary/aromatic N) is 3. The Bertz CT molecular complexity index is 1100. The molecule has 0 spiro atoms. The number of aromatic nitrogens is 2. The Kier molecular flexibility index (Phi) is 9.94. The lowest BCUT2D eigenvalue weighted by atomic mass is 9.73. The van der Waals surface area contributed by atoms with Gasteiger partial charge in [-0.25, -0.2) is 4.98 Å². The van der Waals surface area contributed by atoms with Gasteiger partial charge in [0, 0.05) is 18.8 Å². The summed E-state index contributed by atoms with van der Waals surface area (Å²) in [7, 11) is 0.313. The van der Waals surface area contributed by atoms with Gasteiger partial charge in [0.1, 0.15) is 23.8 Å². The molecule has 1 unspecified atom stereocenters. The van der Waals surface area contributed by atoms with Crippen molar-refractivity contribution >= 4 is 30.9 Å². The van der Waals surface area contributed by atoms with Gasteiger partial charge in [0.2, 0.25) is 5.91 Å². The minimum absolute atomic E-state index is 0.0578. The van der Waals surface area contributed by atoms with Crippen molar-refractivity contribution in [1.82, 2.24) is 25.5 Å². The third kappa shape index (κ3) is 7.61. The van der Waals surface area contributed by atoms with Gasteiger partial charge in [0.15, 0.2) is 0 Å². The molecule has 0 saturated carbocycles. The van der Waals surface area contributed by atoms with Crippen LogP contribution < -0.4 is 10.6 Å². The van der Waals surface area contributed by atoms with Crippen LogP contribution in [0.2, 0.25) is 0 Å². The molecule has 202 valence electrons. The third-order valence-electron chi connectivity index (χ3n) is 6.45. The standard InChI is InChI=1S/C26H34BN5O6/c1-16(2)13-22(27-37-25(35)17(3)32(5)18(4)26(36)38-27)31-23(33)20(14-19-9-7-6-8-10-19)30-24(34)21-15-28-11-12-29-21/h6-12,15-18,20,22H,13-14H2,1-5H3,(H,30,34)(H,31,33)/t17-,18-,20?,22+/m1/s1. The Hall–Kier alpha value is -3.80. The summed E-state index contributed by atoms with van der Waals surface area (Å²) in [6, 6.07) is 6.85. The van der Waals surface area contributed by atoms with E-state index in [1.54, 1.807) is 25.8 Å². The highest BCUT2D eigenvalue weighted by Crippen LogP contribution is 2.17. The summed E-state index contributed by atoms with van der Waals surface area (Å²) in [5.41, 5.74) is 0.883. The average Bonchev–Trinajstić information content (AvgIpc) is 2.90. The number of amides is 2. The van der Waals surface area contributed by atoms with Gasteiger partial charge in [-0.1, -0.05) is 44.2 Å². The molecule has 2 N–H and O–H groups in total. The molecule has 4 atom stereocenters. The zero-order valence-corrected chi connectivity index (χ0v) is 22.3. The maximum Gasteiger partial charge on any atom is 0.622 e. The minimum Gasteiger partial charge on any atom is -0.497 e. The second-order valence-electron chi connectivity index (χ2n) is 9.81.